The molecule has 0 aromatic heterocycles. The molecule has 10 heteroatoms. The van der Waals surface area contributed by atoms with E-state index in [1.807, 2.05) is 0 Å². The van der Waals surface area contributed by atoms with E-state index >= 15 is 0 Å². The fourth-order valence-electron chi connectivity index (χ4n) is 1.01. The van der Waals surface area contributed by atoms with E-state index in [-0.39, 0.29) is 9.50 Å². The van der Waals surface area contributed by atoms with Crippen LogP contribution in [0.5, 0.6) is 5.75 Å². The van der Waals surface area contributed by atoms with Crippen LogP contribution in [-0.4, -0.2) is 21.2 Å². The van der Waals surface area contributed by atoms with Gasteiger partial charge in [-0.1, -0.05) is 27.5 Å². The molecule has 1 aromatic carbocycles. The van der Waals surface area contributed by atoms with Gasteiger partial charge in [0.05, 0.1) is 5.02 Å². The molecule has 0 aliphatic rings. The van der Waals surface area contributed by atoms with Crippen LogP contribution in [0.15, 0.2) is 21.5 Å². The minimum absolute atomic E-state index is 0.242. The van der Waals surface area contributed by atoms with Gasteiger partial charge in [0.1, 0.15) is 4.90 Å². The molecule has 0 amide bonds. The van der Waals surface area contributed by atoms with Gasteiger partial charge in [-0.25, -0.2) is 8.42 Å². The number of benzene rings is 1. The maximum atomic E-state index is 12.0. The minimum Gasteiger partial charge on any atom is -0.481 e. The van der Waals surface area contributed by atoms with Gasteiger partial charge in [-0.3, -0.25) is 0 Å². The molecule has 1 aromatic rings. The van der Waals surface area contributed by atoms with Crippen LogP contribution in [-0.2, 0) is 9.05 Å². The van der Waals surface area contributed by atoms with Gasteiger partial charge in [0.2, 0.25) is 0 Å². The molecule has 0 spiro atoms. The summed E-state index contributed by atoms with van der Waals surface area (Å²) in [4.78, 5) is -0.632. The Hall–Kier alpha value is -0.180. The quantitative estimate of drug-likeness (QED) is 0.737. The van der Waals surface area contributed by atoms with Gasteiger partial charge in [-0.2, -0.15) is 13.2 Å². The molecule has 3 nitrogen and oxygen atoms in total. The molecule has 0 aliphatic heterocycles. The zero-order valence-electron chi connectivity index (χ0n) is 8.26. The molecule has 0 atom stereocenters. The SMILES string of the molecule is O=S(=O)(Cl)c1cc(Br)cc(Cl)c1OCC(F)(F)F. The Balaban J connectivity index is 3.25. The minimum atomic E-state index is -4.62. The van der Waals surface area contributed by atoms with Gasteiger partial charge in [0.25, 0.3) is 9.05 Å². The third-order valence-electron chi connectivity index (χ3n) is 1.62. The molecule has 0 fully saturated rings. The Kier molecular flexibility index (Phi) is 4.80. The molecule has 0 heterocycles. The third-order valence-corrected chi connectivity index (χ3v) is 3.68. The first-order valence-corrected chi connectivity index (χ1v) is 7.62. The number of halogens is 6. The standard InChI is InChI=1S/C8H4BrCl2F3O3S/c9-4-1-5(10)7(17-3-8(12,13)14)6(2-4)18(11,15)16/h1-2H,3H2. The fourth-order valence-corrected chi connectivity index (χ4v) is 3.08. The number of rotatable bonds is 3. The zero-order chi connectivity index (χ0) is 14.1. The largest absolute Gasteiger partial charge is 0.481 e. The van der Waals surface area contributed by atoms with Crippen molar-refractivity contribution in [3.05, 3.63) is 21.6 Å². The molecule has 0 saturated heterocycles. The van der Waals surface area contributed by atoms with Crippen molar-refractivity contribution < 1.29 is 26.3 Å². The monoisotopic (exact) mass is 386 g/mol. The van der Waals surface area contributed by atoms with Crippen molar-refractivity contribution in [2.75, 3.05) is 6.61 Å². The zero-order valence-corrected chi connectivity index (χ0v) is 12.2. The van der Waals surface area contributed by atoms with Gasteiger partial charge < -0.3 is 4.74 Å². The first-order valence-electron chi connectivity index (χ1n) is 4.14. The van der Waals surface area contributed by atoms with E-state index in [0.29, 0.717) is 0 Å². The summed E-state index contributed by atoms with van der Waals surface area (Å²) in [6, 6.07) is 2.19. The first kappa shape index (κ1) is 15.9. The van der Waals surface area contributed by atoms with E-state index < -0.39 is 32.5 Å². The van der Waals surface area contributed by atoms with Crippen LogP contribution in [0.25, 0.3) is 0 Å². The molecule has 0 unspecified atom stereocenters. The number of hydrogen-bond acceptors (Lipinski definition) is 3. The van der Waals surface area contributed by atoms with Crippen molar-refractivity contribution in [2.45, 2.75) is 11.1 Å². The molecule has 0 radical (unpaired) electrons. The lowest BCUT2D eigenvalue weighted by atomic mass is 10.3. The highest BCUT2D eigenvalue weighted by Gasteiger charge is 2.30. The van der Waals surface area contributed by atoms with E-state index in [9.17, 15) is 21.6 Å². The molecule has 102 valence electrons. The average Bonchev–Trinajstić information content (AvgIpc) is 2.12. The molecule has 0 N–H and O–H groups in total. The number of ether oxygens (including phenoxy) is 1. The summed E-state index contributed by atoms with van der Waals surface area (Å²) in [6.45, 7) is -1.67. The highest BCUT2D eigenvalue weighted by Crippen LogP contribution is 2.37. The Labute approximate surface area is 118 Å². The third kappa shape index (κ3) is 4.49. The lowest BCUT2D eigenvalue weighted by Gasteiger charge is -2.13. The van der Waals surface area contributed by atoms with Gasteiger partial charge in [-0.05, 0) is 12.1 Å². The van der Waals surface area contributed by atoms with Crippen molar-refractivity contribution in [2.24, 2.45) is 0 Å². The topological polar surface area (TPSA) is 43.4 Å². The average molecular weight is 388 g/mol. The van der Waals surface area contributed by atoms with Crippen LogP contribution >= 0.6 is 38.2 Å². The summed E-state index contributed by atoms with van der Waals surface area (Å²) in [5.74, 6) is -0.632. The lowest BCUT2D eigenvalue weighted by Crippen LogP contribution is -2.20. The number of hydrogen-bond donors (Lipinski definition) is 0. The Morgan fingerprint density at radius 1 is 1.33 bits per heavy atom. The molecule has 0 saturated carbocycles. The number of alkyl halides is 3. The van der Waals surface area contributed by atoms with Crippen LogP contribution < -0.4 is 4.74 Å². The summed E-state index contributed by atoms with van der Waals surface area (Å²) in [5, 5.41) is -0.298. The Morgan fingerprint density at radius 2 is 1.89 bits per heavy atom. The van der Waals surface area contributed by atoms with Crippen molar-refractivity contribution in [3.8, 4) is 5.75 Å². The summed E-state index contributed by atoms with van der Waals surface area (Å²) < 4.78 is 63.1. The van der Waals surface area contributed by atoms with Gasteiger partial charge >= 0.3 is 6.18 Å². The van der Waals surface area contributed by atoms with E-state index in [4.69, 9.17) is 22.3 Å². The lowest BCUT2D eigenvalue weighted by molar-refractivity contribution is -0.153. The highest BCUT2D eigenvalue weighted by atomic mass is 79.9. The maximum Gasteiger partial charge on any atom is 0.422 e. The summed E-state index contributed by atoms with van der Waals surface area (Å²) >= 11 is 8.57. The predicted molar refractivity (Wildman–Crippen MR) is 63.7 cm³/mol. The molecular formula is C8H4BrCl2F3O3S. The van der Waals surface area contributed by atoms with Crippen molar-refractivity contribution in [1.82, 2.24) is 0 Å². The second kappa shape index (κ2) is 5.44. The Bertz CT molecular complexity index is 559. The van der Waals surface area contributed by atoms with E-state index in [2.05, 4.69) is 20.7 Å². The van der Waals surface area contributed by atoms with Crippen molar-refractivity contribution >= 4 is 47.3 Å². The van der Waals surface area contributed by atoms with E-state index in [1.54, 1.807) is 0 Å². The first-order chi connectivity index (χ1) is 8.00. The van der Waals surface area contributed by atoms with Crippen LogP contribution in [0.3, 0.4) is 0 Å². The molecule has 18 heavy (non-hydrogen) atoms. The molecule has 0 aliphatic carbocycles. The van der Waals surface area contributed by atoms with Gasteiger partial charge in [0, 0.05) is 15.2 Å². The van der Waals surface area contributed by atoms with E-state index in [0.717, 1.165) is 6.07 Å². The molecule has 1 rings (SSSR count). The van der Waals surface area contributed by atoms with Crippen LogP contribution in [0.2, 0.25) is 5.02 Å². The van der Waals surface area contributed by atoms with Crippen LogP contribution in [0.4, 0.5) is 13.2 Å². The second-order valence-corrected chi connectivity index (χ2v) is 6.91. The predicted octanol–water partition coefficient (Wildman–Crippen LogP) is 3.97. The Morgan fingerprint density at radius 3 is 2.33 bits per heavy atom. The van der Waals surface area contributed by atoms with Crippen LogP contribution in [0, 0.1) is 0 Å². The van der Waals surface area contributed by atoms with Gasteiger partial charge in [0.15, 0.2) is 12.4 Å². The van der Waals surface area contributed by atoms with Crippen molar-refractivity contribution in [1.29, 1.82) is 0 Å². The van der Waals surface area contributed by atoms with E-state index in [1.165, 1.54) is 6.07 Å². The smallest absolute Gasteiger partial charge is 0.422 e. The molecule has 0 bridgehead atoms. The second-order valence-electron chi connectivity index (χ2n) is 3.06. The normalized spacial score (nSPS) is 12.6. The fraction of sp³-hybridized carbons (Fsp3) is 0.250. The maximum absolute atomic E-state index is 12.0. The highest BCUT2D eigenvalue weighted by molar-refractivity contribution is 9.10. The van der Waals surface area contributed by atoms with Gasteiger partial charge in [-0.15, -0.1) is 0 Å². The van der Waals surface area contributed by atoms with Crippen LogP contribution in [0.1, 0.15) is 0 Å². The summed E-state index contributed by atoms with van der Waals surface area (Å²) in [6.07, 6.45) is -4.62. The molecular weight excluding hydrogens is 384 g/mol. The summed E-state index contributed by atoms with van der Waals surface area (Å²) in [7, 11) is 0.808. The summed E-state index contributed by atoms with van der Waals surface area (Å²) in [5.41, 5.74) is 0. The van der Waals surface area contributed by atoms with Crippen molar-refractivity contribution in [3.63, 3.8) is 0 Å².